The van der Waals surface area contributed by atoms with Gasteiger partial charge in [-0.2, -0.15) is 0 Å². The Morgan fingerprint density at radius 3 is 0.778 bits per heavy atom. The third kappa shape index (κ3) is 22.3. The van der Waals surface area contributed by atoms with E-state index in [-0.39, 0.29) is 12.4 Å². The Morgan fingerprint density at radius 2 is 0.611 bits per heavy atom. The van der Waals surface area contributed by atoms with Crippen LogP contribution in [0.3, 0.4) is 0 Å². The van der Waals surface area contributed by atoms with E-state index in [2.05, 4.69) is 105 Å². The van der Waals surface area contributed by atoms with Crippen molar-refractivity contribution in [3.05, 3.63) is 0 Å². The maximum Gasteiger partial charge on any atom is 0.173 e. The van der Waals surface area contributed by atoms with E-state index in [1.54, 1.807) is 0 Å². The summed E-state index contributed by atoms with van der Waals surface area (Å²) in [4.78, 5) is 0. The van der Waals surface area contributed by atoms with Gasteiger partial charge in [0.15, 0.2) is 49.9 Å². The van der Waals surface area contributed by atoms with Crippen molar-refractivity contribution in [3.8, 4) is 0 Å². The normalized spacial score (nSPS) is 14.7. The van der Waals surface area contributed by atoms with Crippen molar-refractivity contribution in [2.45, 2.75) is 136 Å². The minimum absolute atomic E-state index is 0. The zero-order valence-electron chi connectivity index (χ0n) is 27.4. The molecule has 0 rings (SSSR count). The molecule has 0 spiro atoms. The fourth-order valence-corrected chi connectivity index (χ4v) is 29.8. The van der Waals surface area contributed by atoms with Gasteiger partial charge in [0.25, 0.3) is 0 Å². The predicted octanol–water partition coefficient (Wildman–Crippen LogP) is 5.78. The lowest BCUT2D eigenvalue weighted by Crippen LogP contribution is -3.00. The predicted molar refractivity (Wildman–Crippen MR) is 175 cm³/mol. The Hall–Kier alpha value is 1.43. The highest BCUT2D eigenvalue weighted by atomic mass is 35.5. The quantitative estimate of drug-likeness (QED) is 0.142. The van der Waals surface area contributed by atoms with Crippen molar-refractivity contribution in [1.29, 1.82) is 0 Å². The molecule has 0 aromatic carbocycles. The SMILES string of the molecule is C[N+](CCC[Si](C)(C)O[Si](C)(C)C)(CCC[Si](C)(C)O[Si](C)(C)C)CCC[Si](C)(C)O[Si](C)(C)C.[Cl-]. The first kappa shape index (κ1) is 39.6. The minimum atomic E-state index is -1.58. The number of quaternary nitrogens is 1. The van der Waals surface area contributed by atoms with Crippen molar-refractivity contribution in [3.63, 3.8) is 0 Å². The van der Waals surface area contributed by atoms with E-state index in [4.69, 9.17) is 12.3 Å². The van der Waals surface area contributed by atoms with Gasteiger partial charge in [-0.3, -0.25) is 0 Å². The van der Waals surface area contributed by atoms with Crippen LogP contribution >= 0.6 is 0 Å². The number of rotatable bonds is 18. The van der Waals surface area contributed by atoms with Gasteiger partial charge in [-0.05, 0) is 136 Å². The van der Waals surface area contributed by atoms with Gasteiger partial charge in [-0.1, -0.05) is 0 Å². The topological polar surface area (TPSA) is 27.7 Å². The second-order valence-corrected chi connectivity index (χ2v) is 43.2. The molecule has 0 aliphatic carbocycles. The molecular weight excluding hydrogens is 566 g/mol. The van der Waals surface area contributed by atoms with Crippen LogP contribution in [-0.4, -0.2) is 81.1 Å². The summed E-state index contributed by atoms with van der Waals surface area (Å²) in [5.41, 5.74) is 0. The summed E-state index contributed by atoms with van der Waals surface area (Å²) in [5.74, 6) is 0. The molecule has 0 aliphatic heterocycles. The molecule has 0 radical (unpaired) electrons. The molecule has 0 saturated heterocycles. The van der Waals surface area contributed by atoms with E-state index in [9.17, 15) is 0 Å². The lowest BCUT2D eigenvalue weighted by molar-refractivity contribution is -0.909. The Bertz CT molecular complexity index is 545. The zero-order valence-corrected chi connectivity index (χ0v) is 34.2. The minimum Gasteiger partial charge on any atom is -1.00 e. The highest BCUT2D eigenvalue weighted by Crippen LogP contribution is 2.25. The van der Waals surface area contributed by atoms with Crippen molar-refractivity contribution in [2.75, 3.05) is 26.7 Å². The molecule has 0 saturated carbocycles. The largest absolute Gasteiger partial charge is 1.00 e. The molecule has 36 heavy (non-hydrogen) atoms. The van der Waals surface area contributed by atoms with E-state index in [1.165, 1.54) is 61.5 Å². The molecule has 0 aromatic rings. The van der Waals surface area contributed by atoms with Gasteiger partial charge < -0.3 is 29.2 Å². The molecule has 4 nitrogen and oxygen atoms in total. The third-order valence-corrected chi connectivity index (χ3v) is 24.8. The van der Waals surface area contributed by atoms with Crippen LogP contribution in [0.2, 0.25) is 116 Å². The van der Waals surface area contributed by atoms with Gasteiger partial charge >= 0.3 is 0 Å². The van der Waals surface area contributed by atoms with Gasteiger partial charge in [-0.15, -0.1) is 0 Å². The standard InChI is InChI=1S/C25H66NO3Si6.ClH/c1-26(20-17-23-33(11,12)27-30(2,3)4,21-18-24-34(13,14)28-31(5,6)7)22-19-25-35(15,16)29-32(8,9)10;/h17-25H2,1-16H3;1H/q+1;/p-1. The zero-order chi connectivity index (χ0) is 28.0. The Labute approximate surface area is 240 Å². The highest BCUT2D eigenvalue weighted by Gasteiger charge is 2.34. The molecule has 0 aromatic heterocycles. The van der Waals surface area contributed by atoms with Crippen molar-refractivity contribution >= 4 is 49.9 Å². The fraction of sp³-hybridized carbons (Fsp3) is 1.00. The molecule has 0 aliphatic rings. The van der Waals surface area contributed by atoms with Crippen LogP contribution in [0.4, 0.5) is 0 Å². The third-order valence-electron chi connectivity index (χ3n) is 6.18. The highest BCUT2D eigenvalue weighted by molar-refractivity contribution is 6.85. The first-order valence-corrected chi connectivity index (χ1v) is 33.8. The smallest absolute Gasteiger partial charge is 0.173 e. The molecule has 0 N–H and O–H groups in total. The van der Waals surface area contributed by atoms with Crippen LogP contribution in [0.15, 0.2) is 0 Å². The maximum atomic E-state index is 6.64. The molecule has 11 heteroatoms. The van der Waals surface area contributed by atoms with Crippen molar-refractivity contribution in [1.82, 2.24) is 0 Å². The van der Waals surface area contributed by atoms with Gasteiger partial charge in [-0.25, -0.2) is 0 Å². The summed E-state index contributed by atoms with van der Waals surface area (Å²) in [6, 6.07) is 3.84. The fourth-order valence-electron chi connectivity index (χ4n) is 5.63. The number of nitrogens with zero attached hydrogens (tertiary/aromatic N) is 1. The summed E-state index contributed by atoms with van der Waals surface area (Å²) in [7, 11) is -6.62. The van der Waals surface area contributed by atoms with E-state index >= 15 is 0 Å². The molecule has 220 valence electrons. The van der Waals surface area contributed by atoms with E-state index in [0.29, 0.717) is 0 Å². The lowest BCUT2D eigenvalue weighted by Gasteiger charge is -2.39. The molecule has 0 heterocycles. The monoisotopic (exact) mass is 631 g/mol. The molecular formula is C25H66ClNO3Si6. The molecule has 0 bridgehead atoms. The van der Waals surface area contributed by atoms with E-state index in [0.717, 1.165) is 0 Å². The first-order valence-electron chi connectivity index (χ1n) is 14.2. The Kier molecular flexibility index (Phi) is 16.4. The number of hydrogen-bond acceptors (Lipinski definition) is 3. The van der Waals surface area contributed by atoms with Crippen LogP contribution in [-0.2, 0) is 12.3 Å². The van der Waals surface area contributed by atoms with Crippen LogP contribution in [0, 0.1) is 0 Å². The second-order valence-electron chi connectivity index (χ2n) is 16.0. The first-order chi connectivity index (χ1) is 15.2. The second kappa shape index (κ2) is 14.9. The van der Waals surface area contributed by atoms with Gasteiger partial charge in [0, 0.05) is 0 Å². The molecule has 0 unspecified atom stereocenters. The summed E-state index contributed by atoms with van der Waals surface area (Å²) in [6.45, 7) is 39.4. The average Bonchev–Trinajstić information content (AvgIpc) is 2.46. The van der Waals surface area contributed by atoms with Crippen molar-refractivity contribution < 1.29 is 29.2 Å². The van der Waals surface area contributed by atoms with Crippen LogP contribution in [0.25, 0.3) is 0 Å². The lowest BCUT2D eigenvalue weighted by atomic mass is 10.2. The average molecular weight is 633 g/mol. The van der Waals surface area contributed by atoms with Crippen LogP contribution in [0.5, 0.6) is 0 Å². The van der Waals surface area contributed by atoms with Gasteiger partial charge in [0.1, 0.15) is 0 Å². The summed E-state index contributed by atoms with van der Waals surface area (Å²) < 4.78 is 21.1. The van der Waals surface area contributed by atoms with E-state index < -0.39 is 49.9 Å². The van der Waals surface area contributed by atoms with Gasteiger partial charge in [0.2, 0.25) is 0 Å². The molecule has 0 atom stereocenters. The van der Waals surface area contributed by atoms with Crippen molar-refractivity contribution in [2.24, 2.45) is 0 Å². The van der Waals surface area contributed by atoms with E-state index in [1.807, 2.05) is 0 Å². The number of halogens is 1. The summed E-state index contributed by atoms with van der Waals surface area (Å²) in [5, 5.41) is 0. The van der Waals surface area contributed by atoms with Crippen LogP contribution < -0.4 is 12.4 Å². The van der Waals surface area contributed by atoms with Gasteiger partial charge in [0.05, 0.1) is 26.7 Å². The molecule has 0 fully saturated rings. The molecule has 0 amide bonds. The Balaban J connectivity index is 0. The maximum absolute atomic E-state index is 6.64. The van der Waals surface area contributed by atoms with Crippen LogP contribution in [0.1, 0.15) is 19.3 Å². The Morgan fingerprint density at radius 1 is 0.417 bits per heavy atom. The summed E-state index contributed by atoms with van der Waals surface area (Å²) in [6.07, 6.45) is 3.87. The number of hydrogen-bond donors (Lipinski definition) is 0. The summed E-state index contributed by atoms with van der Waals surface area (Å²) >= 11 is 0.